The number of para-hydroxylation sites is 1. The summed E-state index contributed by atoms with van der Waals surface area (Å²) in [7, 11) is 2.25. The predicted octanol–water partition coefficient (Wildman–Crippen LogP) is 4.83. The Morgan fingerprint density at radius 1 is 1.00 bits per heavy atom. The number of rotatable bonds is 3. The molecular weight excluding hydrogens is 242 g/mol. The second-order valence-corrected chi connectivity index (χ2v) is 5.81. The van der Waals surface area contributed by atoms with Crippen LogP contribution in [0, 0.1) is 0 Å². The Labute approximate surface area is 122 Å². The van der Waals surface area contributed by atoms with Gasteiger partial charge in [-0.05, 0) is 30.0 Å². The highest BCUT2D eigenvalue weighted by Gasteiger charge is 2.30. The lowest BCUT2D eigenvalue weighted by Crippen LogP contribution is -2.37. The van der Waals surface area contributed by atoms with Gasteiger partial charge in [-0.1, -0.05) is 61.9 Å². The maximum atomic E-state index is 2.48. The zero-order valence-corrected chi connectivity index (χ0v) is 12.4. The fourth-order valence-electron chi connectivity index (χ4n) is 3.50. The summed E-state index contributed by atoms with van der Waals surface area (Å²) < 4.78 is 0. The molecule has 0 amide bonds. The number of hydrogen-bond acceptors (Lipinski definition) is 1. The zero-order valence-electron chi connectivity index (χ0n) is 12.4. The van der Waals surface area contributed by atoms with Crippen LogP contribution in [0.15, 0.2) is 54.6 Å². The van der Waals surface area contributed by atoms with Crippen molar-refractivity contribution in [3.8, 4) is 0 Å². The number of anilines is 1. The Kier molecular flexibility index (Phi) is 3.77. The lowest BCUT2D eigenvalue weighted by atomic mass is 9.80. The Hall–Kier alpha value is -1.76. The van der Waals surface area contributed by atoms with Crippen LogP contribution >= 0.6 is 0 Å². The molecular formula is C19H23N. The molecule has 3 rings (SSSR count). The molecule has 0 bridgehead atoms. The van der Waals surface area contributed by atoms with E-state index in [9.17, 15) is 0 Å². The SMILES string of the molecule is CCC[C@@H]1C[C@H](c2ccccc2)c2ccccc2N1C. The normalized spacial score (nSPS) is 21.6. The van der Waals surface area contributed by atoms with Crippen LogP contribution in [0.2, 0.25) is 0 Å². The van der Waals surface area contributed by atoms with E-state index in [0.717, 1.165) is 0 Å². The summed E-state index contributed by atoms with van der Waals surface area (Å²) in [4.78, 5) is 2.48. The Bertz CT molecular complexity index is 561. The Morgan fingerprint density at radius 2 is 1.70 bits per heavy atom. The molecule has 104 valence electrons. The van der Waals surface area contributed by atoms with Gasteiger partial charge in [-0.15, -0.1) is 0 Å². The fourth-order valence-corrected chi connectivity index (χ4v) is 3.50. The van der Waals surface area contributed by atoms with E-state index in [0.29, 0.717) is 12.0 Å². The van der Waals surface area contributed by atoms with E-state index in [1.807, 2.05) is 0 Å². The molecule has 0 unspecified atom stereocenters. The van der Waals surface area contributed by atoms with Crippen LogP contribution in [0.4, 0.5) is 5.69 Å². The molecule has 2 aromatic rings. The first-order valence-electron chi connectivity index (χ1n) is 7.68. The topological polar surface area (TPSA) is 3.24 Å². The Morgan fingerprint density at radius 3 is 2.45 bits per heavy atom. The molecule has 0 aliphatic carbocycles. The first-order valence-corrected chi connectivity index (χ1v) is 7.68. The third kappa shape index (κ3) is 2.33. The molecule has 2 atom stereocenters. The molecule has 0 fully saturated rings. The van der Waals surface area contributed by atoms with E-state index in [-0.39, 0.29) is 0 Å². The number of fused-ring (bicyclic) bond motifs is 1. The van der Waals surface area contributed by atoms with Gasteiger partial charge in [0.1, 0.15) is 0 Å². The molecule has 2 aromatic carbocycles. The van der Waals surface area contributed by atoms with Crippen LogP contribution < -0.4 is 4.90 Å². The lowest BCUT2D eigenvalue weighted by molar-refractivity contribution is 0.485. The molecule has 0 radical (unpaired) electrons. The summed E-state index contributed by atoms with van der Waals surface area (Å²) in [5.74, 6) is 0.542. The molecule has 1 aliphatic rings. The van der Waals surface area contributed by atoms with Crippen molar-refractivity contribution in [3.05, 3.63) is 65.7 Å². The van der Waals surface area contributed by atoms with Crippen molar-refractivity contribution in [3.63, 3.8) is 0 Å². The third-order valence-corrected chi connectivity index (χ3v) is 4.57. The molecule has 0 saturated heterocycles. The van der Waals surface area contributed by atoms with Gasteiger partial charge in [-0.3, -0.25) is 0 Å². The van der Waals surface area contributed by atoms with Gasteiger partial charge in [0.25, 0.3) is 0 Å². The van der Waals surface area contributed by atoms with Crippen LogP contribution in [-0.2, 0) is 0 Å². The van der Waals surface area contributed by atoms with Gasteiger partial charge in [-0.2, -0.15) is 0 Å². The maximum absolute atomic E-state index is 2.48. The molecule has 0 N–H and O–H groups in total. The molecule has 1 heterocycles. The van der Waals surface area contributed by atoms with E-state index >= 15 is 0 Å². The minimum absolute atomic E-state index is 0.542. The first-order chi connectivity index (χ1) is 9.81. The second kappa shape index (κ2) is 5.70. The minimum Gasteiger partial charge on any atom is -0.371 e. The second-order valence-electron chi connectivity index (χ2n) is 5.81. The lowest BCUT2D eigenvalue weighted by Gasteiger charge is -2.40. The predicted molar refractivity (Wildman–Crippen MR) is 86.4 cm³/mol. The maximum Gasteiger partial charge on any atom is 0.0404 e. The quantitative estimate of drug-likeness (QED) is 0.768. The fraction of sp³-hybridized carbons (Fsp3) is 0.368. The van der Waals surface area contributed by atoms with Crippen molar-refractivity contribution in [1.29, 1.82) is 0 Å². The van der Waals surface area contributed by atoms with Crippen molar-refractivity contribution < 1.29 is 0 Å². The molecule has 0 saturated carbocycles. The van der Waals surface area contributed by atoms with Gasteiger partial charge >= 0.3 is 0 Å². The van der Waals surface area contributed by atoms with E-state index in [1.54, 1.807) is 0 Å². The van der Waals surface area contributed by atoms with Crippen LogP contribution in [-0.4, -0.2) is 13.1 Å². The molecule has 20 heavy (non-hydrogen) atoms. The summed E-state index contributed by atoms with van der Waals surface area (Å²) in [6, 6.07) is 20.5. The van der Waals surface area contributed by atoms with Crippen LogP contribution in [0.25, 0.3) is 0 Å². The Balaban J connectivity index is 2.04. The number of benzene rings is 2. The average molecular weight is 265 g/mol. The van der Waals surface area contributed by atoms with E-state index in [4.69, 9.17) is 0 Å². The van der Waals surface area contributed by atoms with Crippen molar-refractivity contribution >= 4 is 5.69 Å². The molecule has 0 aromatic heterocycles. The molecule has 1 aliphatic heterocycles. The first kappa shape index (κ1) is 13.2. The average Bonchev–Trinajstić information content (AvgIpc) is 2.51. The van der Waals surface area contributed by atoms with Gasteiger partial charge in [0.15, 0.2) is 0 Å². The molecule has 1 nitrogen and oxygen atoms in total. The van der Waals surface area contributed by atoms with Crippen molar-refractivity contribution in [2.75, 3.05) is 11.9 Å². The highest BCUT2D eigenvalue weighted by Crippen LogP contribution is 2.42. The van der Waals surface area contributed by atoms with Gasteiger partial charge < -0.3 is 4.90 Å². The van der Waals surface area contributed by atoms with Gasteiger partial charge in [0.05, 0.1) is 0 Å². The summed E-state index contributed by atoms with van der Waals surface area (Å²) in [6.07, 6.45) is 3.75. The smallest absolute Gasteiger partial charge is 0.0404 e. The molecule has 1 heteroatoms. The van der Waals surface area contributed by atoms with Crippen LogP contribution in [0.5, 0.6) is 0 Å². The van der Waals surface area contributed by atoms with Crippen LogP contribution in [0.3, 0.4) is 0 Å². The van der Waals surface area contributed by atoms with E-state index in [1.165, 1.54) is 36.1 Å². The van der Waals surface area contributed by atoms with Crippen molar-refractivity contribution in [2.45, 2.75) is 38.1 Å². The number of hydrogen-bond donors (Lipinski definition) is 0. The van der Waals surface area contributed by atoms with E-state index < -0.39 is 0 Å². The summed E-state index contributed by atoms with van der Waals surface area (Å²) >= 11 is 0. The van der Waals surface area contributed by atoms with Crippen molar-refractivity contribution in [2.24, 2.45) is 0 Å². The van der Waals surface area contributed by atoms with E-state index in [2.05, 4.69) is 73.5 Å². The number of nitrogens with zero attached hydrogens (tertiary/aromatic N) is 1. The van der Waals surface area contributed by atoms with Crippen molar-refractivity contribution in [1.82, 2.24) is 0 Å². The summed E-state index contributed by atoms with van der Waals surface area (Å²) in [5.41, 5.74) is 4.34. The largest absolute Gasteiger partial charge is 0.371 e. The standard InChI is InChI=1S/C19H23N/c1-3-9-16-14-18(15-10-5-4-6-11-15)17-12-7-8-13-19(17)20(16)2/h4-8,10-13,16,18H,3,9,14H2,1-2H3/t16-,18-/m1/s1. The van der Waals surface area contributed by atoms with Crippen LogP contribution in [0.1, 0.15) is 43.2 Å². The monoisotopic (exact) mass is 265 g/mol. The third-order valence-electron chi connectivity index (χ3n) is 4.57. The highest BCUT2D eigenvalue weighted by molar-refractivity contribution is 5.60. The molecule has 0 spiro atoms. The van der Waals surface area contributed by atoms with Gasteiger partial charge in [-0.25, -0.2) is 0 Å². The summed E-state index contributed by atoms with van der Waals surface area (Å²) in [6.45, 7) is 2.28. The van der Waals surface area contributed by atoms with Gasteiger partial charge in [0.2, 0.25) is 0 Å². The minimum atomic E-state index is 0.542. The highest BCUT2D eigenvalue weighted by atomic mass is 15.1. The summed E-state index contributed by atoms with van der Waals surface area (Å²) in [5, 5.41) is 0. The van der Waals surface area contributed by atoms with Gasteiger partial charge in [0, 0.05) is 24.7 Å². The zero-order chi connectivity index (χ0) is 13.9.